The van der Waals surface area contributed by atoms with Crippen molar-refractivity contribution in [3.8, 4) is 5.75 Å². The maximum absolute atomic E-state index is 12.0. The van der Waals surface area contributed by atoms with Gasteiger partial charge in [-0.1, -0.05) is 23.7 Å². The van der Waals surface area contributed by atoms with Crippen LogP contribution in [-0.4, -0.2) is 26.7 Å². The molecule has 0 aliphatic heterocycles. The largest absolute Gasteiger partial charge is 0.497 e. The molecule has 1 aromatic carbocycles. The van der Waals surface area contributed by atoms with Gasteiger partial charge in [0.15, 0.2) is 0 Å². The monoisotopic (exact) mass is 339 g/mol. The van der Waals surface area contributed by atoms with Crippen LogP contribution in [0, 0.1) is 0 Å². The van der Waals surface area contributed by atoms with Crippen LogP contribution in [0.1, 0.15) is 16.5 Å². The maximum Gasteiger partial charge on any atom is 0.224 e. The highest BCUT2D eigenvalue weighted by molar-refractivity contribution is 7.16. The summed E-state index contributed by atoms with van der Waals surface area (Å²) in [5.41, 5.74) is 0.907. The van der Waals surface area contributed by atoms with Crippen LogP contribution in [-0.2, 0) is 16.0 Å². The van der Waals surface area contributed by atoms with E-state index < -0.39 is 0 Å². The van der Waals surface area contributed by atoms with Crippen LogP contribution in [0.25, 0.3) is 0 Å². The highest BCUT2D eigenvalue weighted by Crippen LogP contribution is 2.28. The zero-order chi connectivity index (χ0) is 15.9. The first-order chi connectivity index (χ1) is 10.6. The van der Waals surface area contributed by atoms with Gasteiger partial charge in [0.2, 0.25) is 5.91 Å². The van der Waals surface area contributed by atoms with E-state index in [2.05, 4.69) is 5.32 Å². The fraction of sp³-hybridized carbons (Fsp3) is 0.312. The van der Waals surface area contributed by atoms with Gasteiger partial charge in [-0.05, 0) is 29.8 Å². The molecule has 0 bridgehead atoms. The standard InChI is InChI=1S/C16H18ClNO3S/c1-20-12-5-3-4-11(8-12)9-16(19)18-10-13(21-2)14-6-7-15(17)22-14/h3-8,13H,9-10H2,1-2H3,(H,18,19). The smallest absolute Gasteiger partial charge is 0.224 e. The summed E-state index contributed by atoms with van der Waals surface area (Å²) in [6, 6.07) is 11.2. The summed E-state index contributed by atoms with van der Waals surface area (Å²) < 4.78 is 11.3. The number of halogens is 1. The van der Waals surface area contributed by atoms with Gasteiger partial charge >= 0.3 is 0 Å². The molecular formula is C16H18ClNO3S. The lowest BCUT2D eigenvalue weighted by molar-refractivity contribution is -0.121. The maximum atomic E-state index is 12.0. The number of carbonyl (C=O) groups excluding carboxylic acids is 1. The highest BCUT2D eigenvalue weighted by Gasteiger charge is 2.14. The molecule has 0 saturated heterocycles. The molecule has 0 saturated carbocycles. The normalized spacial score (nSPS) is 12.0. The van der Waals surface area contributed by atoms with Crippen LogP contribution in [0.15, 0.2) is 36.4 Å². The van der Waals surface area contributed by atoms with E-state index in [1.165, 1.54) is 11.3 Å². The number of benzene rings is 1. The number of rotatable bonds is 7. The van der Waals surface area contributed by atoms with Crippen molar-refractivity contribution in [1.82, 2.24) is 5.32 Å². The summed E-state index contributed by atoms with van der Waals surface area (Å²) in [6.07, 6.45) is 0.116. The van der Waals surface area contributed by atoms with Crippen LogP contribution < -0.4 is 10.1 Å². The number of carbonyl (C=O) groups is 1. The van der Waals surface area contributed by atoms with Crippen molar-refractivity contribution in [2.45, 2.75) is 12.5 Å². The Morgan fingerprint density at radius 1 is 1.32 bits per heavy atom. The lowest BCUT2D eigenvalue weighted by Gasteiger charge is -2.14. The SMILES string of the molecule is COc1cccc(CC(=O)NCC(OC)c2ccc(Cl)s2)c1. The molecule has 1 atom stereocenters. The Balaban J connectivity index is 1.88. The predicted molar refractivity (Wildman–Crippen MR) is 88.8 cm³/mol. The van der Waals surface area contributed by atoms with Gasteiger partial charge in [-0.15, -0.1) is 11.3 Å². The van der Waals surface area contributed by atoms with Gasteiger partial charge in [0.25, 0.3) is 0 Å². The summed E-state index contributed by atoms with van der Waals surface area (Å²) in [5, 5.41) is 2.89. The molecule has 0 aliphatic carbocycles. The van der Waals surface area contributed by atoms with E-state index in [1.54, 1.807) is 14.2 Å². The molecule has 2 aromatic rings. The second kappa shape index (κ2) is 8.17. The summed E-state index contributed by atoms with van der Waals surface area (Å²) in [7, 11) is 3.22. The van der Waals surface area contributed by atoms with Crippen molar-refractivity contribution in [2.75, 3.05) is 20.8 Å². The average Bonchev–Trinajstić information content (AvgIpc) is 2.94. The molecule has 118 valence electrons. The number of ether oxygens (including phenoxy) is 2. The fourth-order valence-corrected chi connectivity index (χ4v) is 3.18. The second-order valence-electron chi connectivity index (χ2n) is 4.70. The van der Waals surface area contributed by atoms with Crippen LogP contribution in [0.2, 0.25) is 4.34 Å². The zero-order valence-electron chi connectivity index (χ0n) is 12.5. The number of nitrogens with one attached hydrogen (secondary N) is 1. The summed E-state index contributed by atoms with van der Waals surface area (Å²) in [6.45, 7) is 0.413. The Bertz CT molecular complexity index is 629. The molecule has 6 heteroatoms. The van der Waals surface area contributed by atoms with E-state index in [4.69, 9.17) is 21.1 Å². The number of amides is 1. The minimum atomic E-state index is -0.188. The number of hydrogen-bond acceptors (Lipinski definition) is 4. The molecule has 1 N–H and O–H groups in total. The Morgan fingerprint density at radius 3 is 2.77 bits per heavy atom. The first-order valence-electron chi connectivity index (χ1n) is 6.80. The van der Waals surface area contributed by atoms with E-state index in [0.717, 1.165) is 16.2 Å². The molecule has 1 aromatic heterocycles. The Kier molecular flexibility index (Phi) is 6.24. The van der Waals surface area contributed by atoms with Crippen LogP contribution in [0.3, 0.4) is 0 Å². The number of methoxy groups -OCH3 is 2. The van der Waals surface area contributed by atoms with E-state index >= 15 is 0 Å². The van der Waals surface area contributed by atoms with Crippen LogP contribution in [0.4, 0.5) is 0 Å². The van der Waals surface area contributed by atoms with Gasteiger partial charge in [0, 0.05) is 18.5 Å². The van der Waals surface area contributed by atoms with Crippen molar-refractivity contribution in [3.05, 3.63) is 51.2 Å². The van der Waals surface area contributed by atoms with E-state index in [9.17, 15) is 4.79 Å². The lowest BCUT2D eigenvalue weighted by Crippen LogP contribution is -2.30. The first kappa shape index (κ1) is 16.8. The number of hydrogen-bond donors (Lipinski definition) is 1. The van der Waals surface area contributed by atoms with Crippen molar-refractivity contribution < 1.29 is 14.3 Å². The quantitative estimate of drug-likeness (QED) is 0.840. The molecule has 0 aliphatic rings. The van der Waals surface area contributed by atoms with E-state index in [-0.39, 0.29) is 12.0 Å². The van der Waals surface area contributed by atoms with Gasteiger partial charge in [-0.2, -0.15) is 0 Å². The molecule has 0 spiro atoms. The average molecular weight is 340 g/mol. The van der Waals surface area contributed by atoms with Gasteiger partial charge in [-0.25, -0.2) is 0 Å². The Labute approximate surface area is 139 Å². The minimum Gasteiger partial charge on any atom is -0.497 e. The van der Waals surface area contributed by atoms with Gasteiger partial charge in [0.05, 0.1) is 17.9 Å². The van der Waals surface area contributed by atoms with Crippen molar-refractivity contribution in [2.24, 2.45) is 0 Å². The van der Waals surface area contributed by atoms with E-state index in [0.29, 0.717) is 17.3 Å². The molecule has 1 amide bonds. The third-order valence-electron chi connectivity index (χ3n) is 3.18. The molecule has 0 radical (unpaired) electrons. The summed E-state index contributed by atoms with van der Waals surface area (Å²) >= 11 is 7.38. The molecule has 22 heavy (non-hydrogen) atoms. The zero-order valence-corrected chi connectivity index (χ0v) is 14.0. The fourth-order valence-electron chi connectivity index (χ4n) is 2.04. The van der Waals surface area contributed by atoms with Crippen molar-refractivity contribution in [3.63, 3.8) is 0 Å². The highest BCUT2D eigenvalue weighted by atomic mass is 35.5. The molecule has 2 rings (SSSR count). The van der Waals surface area contributed by atoms with Crippen molar-refractivity contribution in [1.29, 1.82) is 0 Å². The van der Waals surface area contributed by atoms with Crippen LogP contribution in [0.5, 0.6) is 5.75 Å². The lowest BCUT2D eigenvalue weighted by atomic mass is 10.1. The molecular weight excluding hydrogens is 322 g/mol. The topological polar surface area (TPSA) is 47.6 Å². The van der Waals surface area contributed by atoms with Crippen LogP contribution >= 0.6 is 22.9 Å². The third-order valence-corrected chi connectivity index (χ3v) is 4.50. The van der Waals surface area contributed by atoms with Gasteiger partial charge in [-0.3, -0.25) is 4.79 Å². The molecule has 0 fully saturated rings. The minimum absolute atomic E-state index is 0.0574. The van der Waals surface area contributed by atoms with Crippen molar-refractivity contribution >= 4 is 28.8 Å². The molecule has 1 heterocycles. The number of thiophene rings is 1. The first-order valence-corrected chi connectivity index (χ1v) is 7.99. The third kappa shape index (κ3) is 4.73. The van der Waals surface area contributed by atoms with E-state index in [1.807, 2.05) is 36.4 Å². The summed E-state index contributed by atoms with van der Waals surface area (Å²) in [5.74, 6) is 0.686. The molecule has 4 nitrogen and oxygen atoms in total. The van der Waals surface area contributed by atoms with Gasteiger partial charge < -0.3 is 14.8 Å². The molecule has 1 unspecified atom stereocenters. The Hall–Kier alpha value is -1.56. The Morgan fingerprint density at radius 2 is 2.14 bits per heavy atom. The van der Waals surface area contributed by atoms with Gasteiger partial charge in [0.1, 0.15) is 11.9 Å². The second-order valence-corrected chi connectivity index (χ2v) is 6.45. The predicted octanol–water partition coefficient (Wildman–Crippen LogP) is 3.46. The summed E-state index contributed by atoms with van der Waals surface area (Å²) in [4.78, 5) is 13.0.